The predicted octanol–water partition coefficient (Wildman–Crippen LogP) is 5.24. The van der Waals surface area contributed by atoms with Crippen LogP contribution in [0.4, 0.5) is 4.79 Å². The first-order chi connectivity index (χ1) is 19.0. The number of nitrogens with one attached hydrogen (secondary N) is 2. The summed E-state index contributed by atoms with van der Waals surface area (Å²) in [6, 6.07) is 15.4. The largest absolute Gasteiger partial charge is 0.489 e. The van der Waals surface area contributed by atoms with Crippen molar-refractivity contribution in [2.24, 2.45) is 5.92 Å². The van der Waals surface area contributed by atoms with Crippen LogP contribution in [0.2, 0.25) is 0 Å². The molecule has 0 bridgehead atoms. The number of esters is 1. The van der Waals surface area contributed by atoms with Crippen LogP contribution in [0.3, 0.4) is 0 Å². The summed E-state index contributed by atoms with van der Waals surface area (Å²) in [6.45, 7) is 11.0. The molecule has 3 rings (SSSR count). The van der Waals surface area contributed by atoms with Gasteiger partial charge in [-0.3, -0.25) is 4.79 Å². The van der Waals surface area contributed by atoms with Gasteiger partial charge in [0.15, 0.2) is 0 Å². The van der Waals surface area contributed by atoms with Gasteiger partial charge < -0.3 is 25.0 Å². The zero-order valence-corrected chi connectivity index (χ0v) is 24.6. The van der Waals surface area contributed by atoms with Crippen molar-refractivity contribution >= 4 is 17.9 Å². The molecule has 8 nitrogen and oxygen atoms in total. The number of hydrogen-bond donors (Lipinski definition) is 2. The summed E-state index contributed by atoms with van der Waals surface area (Å²) in [6.07, 6.45) is 4.38. The molecule has 0 saturated carbocycles. The molecule has 1 heterocycles. The van der Waals surface area contributed by atoms with Crippen LogP contribution in [0.15, 0.2) is 54.6 Å². The van der Waals surface area contributed by atoms with E-state index in [1.54, 1.807) is 25.7 Å². The van der Waals surface area contributed by atoms with E-state index in [9.17, 15) is 14.4 Å². The molecular formula is C32H45N3O5. The molecule has 1 saturated heterocycles. The molecule has 0 aliphatic carbocycles. The Labute approximate surface area is 238 Å². The molecule has 0 unspecified atom stereocenters. The number of likely N-dealkylation sites (tertiary alicyclic amines) is 1. The number of benzene rings is 2. The number of amides is 3. The van der Waals surface area contributed by atoms with Gasteiger partial charge in [-0.15, -0.1) is 0 Å². The summed E-state index contributed by atoms with van der Waals surface area (Å²) >= 11 is 0. The first-order valence-corrected chi connectivity index (χ1v) is 14.4. The maximum atomic E-state index is 13.4. The van der Waals surface area contributed by atoms with Crippen molar-refractivity contribution in [1.29, 1.82) is 0 Å². The minimum atomic E-state index is -0.917. The maximum absolute atomic E-state index is 13.4. The standard InChI is InChI=1S/C32H45N3O5/c1-23(2)28(34-31(38)35-19-11-6-7-12-20-35)29(36)33-27(30(37)40-32(3,4)5)21-24-15-17-26(18-16-24)39-22-25-13-9-8-10-14-25/h8-10,13-18,23,27-28H,6-7,11-12,19-22H2,1-5H3,(H,33,36)(H,34,38)/t27-,28-/m0/s1. The predicted molar refractivity (Wildman–Crippen MR) is 156 cm³/mol. The molecule has 2 aromatic carbocycles. The number of carbonyl (C=O) groups excluding carboxylic acids is 3. The molecule has 2 atom stereocenters. The lowest BCUT2D eigenvalue weighted by Gasteiger charge is -2.29. The van der Waals surface area contributed by atoms with Crippen LogP contribution in [0.1, 0.15) is 71.4 Å². The van der Waals surface area contributed by atoms with E-state index in [-0.39, 0.29) is 18.4 Å². The summed E-state index contributed by atoms with van der Waals surface area (Å²) in [5.41, 5.74) is 1.20. The fourth-order valence-corrected chi connectivity index (χ4v) is 4.56. The number of ether oxygens (including phenoxy) is 2. The molecule has 0 aromatic heterocycles. The Morgan fingerprint density at radius 3 is 2.05 bits per heavy atom. The van der Waals surface area contributed by atoms with Crippen molar-refractivity contribution in [3.05, 3.63) is 65.7 Å². The van der Waals surface area contributed by atoms with Gasteiger partial charge in [-0.05, 0) is 62.8 Å². The Balaban J connectivity index is 1.68. The third-order valence-electron chi connectivity index (χ3n) is 6.74. The van der Waals surface area contributed by atoms with Crippen LogP contribution in [-0.2, 0) is 27.4 Å². The monoisotopic (exact) mass is 551 g/mol. The quantitative estimate of drug-likeness (QED) is 0.394. The second-order valence-corrected chi connectivity index (χ2v) is 11.8. The Morgan fingerprint density at radius 2 is 1.48 bits per heavy atom. The van der Waals surface area contributed by atoms with Gasteiger partial charge in [0.2, 0.25) is 5.91 Å². The third kappa shape index (κ3) is 10.2. The highest BCUT2D eigenvalue weighted by molar-refractivity contribution is 5.90. The minimum Gasteiger partial charge on any atom is -0.489 e. The molecule has 0 radical (unpaired) electrons. The molecule has 3 amide bonds. The lowest BCUT2D eigenvalue weighted by molar-refractivity contribution is -0.158. The van der Waals surface area contributed by atoms with Crippen LogP contribution < -0.4 is 15.4 Å². The zero-order valence-electron chi connectivity index (χ0n) is 24.6. The Morgan fingerprint density at radius 1 is 0.850 bits per heavy atom. The van der Waals surface area contributed by atoms with E-state index < -0.39 is 29.6 Å². The normalized spacial score (nSPS) is 15.5. The first kappa shape index (κ1) is 31.0. The molecule has 40 heavy (non-hydrogen) atoms. The molecular weight excluding hydrogens is 506 g/mol. The van der Waals surface area contributed by atoms with Gasteiger partial charge in [0.05, 0.1) is 0 Å². The van der Waals surface area contributed by atoms with E-state index in [1.165, 1.54) is 0 Å². The molecule has 218 valence electrons. The summed E-state index contributed by atoms with van der Waals surface area (Å²) in [5.74, 6) is -0.388. The van der Waals surface area contributed by atoms with E-state index in [2.05, 4.69) is 10.6 Å². The van der Waals surface area contributed by atoms with Crippen molar-refractivity contribution < 1.29 is 23.9 Å². The second-order valence-electron chi connectivity index (χ2n) is 11.8. The van der Waals surface area contributed by atoms with Gasteiger partial charge >= 0.3 is 12.0 Å². The average molecular weight is 552 g/mol. The van der Waals surface area contributed by atoms with E-state index in [1.807, 2.05) is 68.4 Å². The molecule has 8 heteroatoms. The molecule has 1 fully saturated rings. The molecule has 1 aliphatic heterocycles. The van der Waals surface area contributed by atoms with Crippen LogP contribution in [0.5, 0.6) is 5.75 Å². The van der Waals surface area contributed by atoms with Gasteiger partial charge in [-0.1, -0.05) is 69.2 Å². The lowest BCUT2D eigenvalue weighted by Crippen LogP contribution is -2.57. The fourth-order valence-electron chi connectivity index (χ4n) is 4.56. The van der Waals surface area contributed by atoms with Crippen LogP contribution in [-0.4, -0.2) is 53.6 Å². The Kier molecular flexibility index (Phi) is 11.4. The van der Waals surface area contributed by atoms with E-state index >= 15 is 0 Å². The van der Waals surface area contributed by atoms with E-state index in [0.717, 1.165) is 36.8 Å². The fraction of sp³-hybridized carbons (Fsp3) is 0.531. The summed E-state index contributed by atoms with van der Waals surface area (Å²) < 4.78 is 11.5. The van der Waals surface area contributed by atoms with Gasteiger partial charge in [0, 0.05) is 19.5 Å². The van der Waals surface area contributed by atoms with Gasteiger partial charge in [-0.2, -0.15) is 0 Å². The Bertz CT molecular complexity index is 1090. The smallest absolute Gasteiger partial charge is 0.329 e. The molecule has 2 N–H and O–H groups in total. The maximum Gasteiger partial charge on any atom is 0.329 e. The van der Waals surface area contributed by atoms with E-state index in [4.69, 9.17) is 9.47 Å². The number of hydrogen-bond acceptors (Lipinski definition) is 5. The van der Waals surface area contributed by atoms with Crippen molar-refractivity contribution in [3.8, 4) is 5.75 Å². The van der Waals surface area contributed by atoms with Gasteiger partial charge in [0.25, 0.3) is 0 Å². The minimum absolute atomic E-state index is 0.170. The second kappa shape index (κ2) is 14.7. The van der Waals surface area contributed by atoms with Crippen LogP contribution in [0.25, 0.3) is 0 Å². The lowest BCUT2D eigenvalue weighted by atomic mass is 10.0. The van der Waals surface area contributed by atoms with Crippen LogP contribution >= 0.6 is 0 Å². The van der Waals surface area contributed by atoms with E-state index in [0.29, 0.717) is 25.4 Å². The van der Waals surface area contributed by atoms with Crippen molar-refractivity contribution in [1.82, 2.24) is 15.5 Å². The van der Waals surface area contributed by atoms with Crippen molar-refractivity contribution in [2.45, 2.75) is 91.0 Å². The van der Waals surface area contributed by atoms with Crippen LogP contribution in [0, 0.1) is 5.92 Å². The zero-order chi connectivity index (χ0) is 29.1. The SMILES string of the molecule is CC(C)[C@H](NC(=O)N1CCCCCC1)C(=O)N[C@@H](Cc1ccc(OCc2ccccc2)cc1)C(=O)OC(C)(C)C. The highest BCUT2D eigenvalue weighted by Crippen LogP contribution is 2.18. The molecule has 2 aromatic rings. The summed E-state index contributed by atoms with van der Waals surface area (Å²) in [4.78, 5) is 41.4. The Hall–Kier alpha value is -3.55. The number of carbonyl (C=O) groups is 3. The van der Waals surface area contributed by atoms with Crippen molar-refractivity contribution in [3.63, 3.8) is 0 Å². The molecule has 1 aliphatic rings. The number of nitrogens with zero attached hydrogens (tertiary/aromatic N) is 1. The molecule has 0 spiro atoms. The third-order valence-corrected chi connectivity index (χ3v) is 6.74. The van der Waals surface area contributed by atoms with Crippen molar-refractivity contribution in [2.75, 3.05) is 13.1 Å². The van der Waals surface area contributed by atoms with Gasteiger partial charge in [-0.25, -0.2) is 9.59 Å². The summed E-state index contributed by atoms with van der Waals surface area (Å²) in [7, 11) is 0. The first-order valence-electron chi connectivity index (χ1n) is 14.4. The average Bonchev–Trinajstić information content (AvgIpc) is 3.20. The number of rotatable bonds is 10. The highest BCUT2D eigenvalue weighted by Gasteiger charge is 2.32. The highest BCUT2D eigenvalue weighted by atomic mass is 16.6. The topological polar surface area (TPSA) is 97.0 Å². The van der Waals surface area contributed by atoms with Gasteiger partial charge in [0.1, 0.15) is 30.0 Å². The number of urea groups is 1. The summed E-state index contributed by atoms with van der Waals surface area (Å²) in [5, 5.41) is 5.78.